The van der Waals surface area contributed by atoms with Gasteiger partial charge in [-0.2, -0.15) is 0 Å². The summed E-state index contributed by atoms with van der Waals surface area (Å²) in [6.07, 6.45) is 0. The molecule has 2 heterocycles. The van der Waals surface area contributed by atoms with Crippen molar-refractivity contribution < 1.29 is 4.74 Å². The number of rotatable bonds is 7. The van der Waals surface area contributed by atoms with E-state index in [1.165, 1.54) is 0 Å². The largest absolute Gasteiger partial charge is 0.457 e. The van der Waals surface area contributed by atoms with Crippen molar-refractivity contribution in [2.75, 3.05) is 0 Å². The number of para-hydroxylation sites is 3. The molecule has 5 nitrogen and oxygen atoms in total. The van der Waals surface area contributed by atoms with Crippen molar-refractivity contribution in [1.82, 2.24) is 19.9 Å². The Morgan fingerprint density at radius 3 is 1.67 bits per heavy atom. The first-order valence-corrected chi connectivity index (χ1v) is 17.3. The summed E-state index contributed by atoms with van der Waals surface area (Å²) >= 11 is 0. The average molecular weight is 669 g/mol. The summed E-state index contributed by atoms with van der Waals surface area (Å²) in [5.74, 6) is 3.47. The predicted molar refractivity (Wildman–Crippen MR) is 211 cm³/mol. The normalized spacial score (nSPS) is 11.2. The second-order valence-electron chi connectivity index (χ2n) is 12.7. The van der Waals surface area contributed by atoms with Crippen molar-refractivity contribution in [2.24, 2.45) is 0 Å². The SMILES string of the molecule is Cc1c(-c2ccccc2Oc2ccccc2)ccc2c(-c3cccc(-c4nc(-c5ccccc5)nc(-c5ccccc5)n4)c3)nc3ccccc3c12. The highest BCUT2D eigenvalue weighted by atomic mass is 16.5. The molecule has 0 fully saturated rings. The van der Waals surface area contributed by atoms with E-state index in [9.17, 15) is 0 Å². The first-order chi connectivity index (χ1) is 25.7. The molecule has 0 aliphatic heterocycles. The maximum absolute atomic E-state index is 6.41. The molecule has 9 rings (SSSR count). The number of fused-ring (bicyclic) bond motifs is 3. The number of ether oxygens (including phenoxy) is 1. The molecule has 0 unspecified atom stereocenters. The third-order valence-electron chi connectivity index (χ3n) is 9.37. The Labute approximate surface area is 301 Å². The van der Waals surface area contributed by atoms with Gasteiger partial charge in [0.15, 0.2) is 17.5 Å². The first-order valence-electron chi connectivity index (χ1n) is 17.3. The van der Waals surface area contributed by atoms with Crippen LogP contribution in [0.15, 0.2) is 176 Å². The van der Waals surface area contributed by atoms with Crippen LogP contribution < -0.4 is 4.74 Å². The second kappa shape index (κ2) is 13.4. The van der Waals surface area contributed by atoms with Crippen molar-refractivity contribution in [3.05, 3.63) is 181 Å². The number of pyridine rings is 1. The molecule has 0 bridgehead atoms. The van der Waals surface area contributed by atoms with E-state index in [2.05, 4.69) is 73.7 Å². The zero-order chi connectivity index (χ0) is 34.9. The highest BCUT2D eigenvalue weighted by Crippen LogP contribution is 2.42. The molecule has 52 heavy (non-hydrogen) atoms. The molecule has 0 atom stereocenters. The summed E-state index contributed by atoms with van der Waals surface area (Å²) in [5.41, 5.74) is 8.88. The standard InChI is InChI=1S/C47H32N4O/c1-31-37(38-24-12-14-27-42(38)52-36-22-9-4-10-23-36)28-29-40-43(31)39-25-11-13-26-41(39)48-44(40)34-20-15-21-35(30-34)47-50-45(32-16-5-2-6-17-32)49-46(51-47)33-18-7-3-8-19-33/h2-30H,1H3. The summed E-state index contributed by atoms with van der Waals surface area (Å²) < 4.78 is 6.41. The van der Waals surface area contributed by atoms with E-state index in [-0.39, 0.29) is 0 Å². The molecule has 0 aliphatic rings. The van der Waals surface area contributed by atoms with E-state index < -0.39 is 0 Å². The predicted octanol–water partition coefficient (Wildman–Crippen LogP) is 12.0. The molecule has 7 aromatic carbocycles. The minimum atomic E-state index is 0.605. The zero-order valence-corrected chi connectivity index (χ0v) is 28.4. The molecule has 0 amide bonds. The lowest BCUT2D eigenvalue weighted by molar-refractivity contribution is 0.484. The van der Waals surface area contributed by atoms with Gasteiger partial charge in [0.2, 0.25) is 0 Å². The average Bonchev–Trinajstić information content (AvgIpc) is 3.22. The monoisotopic (exact) mass is 668 g/mol. The van der Waals surface area contributed by atoms with Crippen molar-refractivity contribution >= 4 is 21.7 Å². The van der Waals surface area contributed by atoms with Gasteiger partial charge in [-0.3, -0.25) is 0 Å². The molecule has 0 spiro atoms. The Hall–Kier alpha value is -6.98. The molecular formula is C47H32N4O. The molecule has 2 aromatic heterocycles. The van der Waals surface area contributed by atoms with Crippen molar-refractivity contribution in [3.63, 3.8) is 0 Å². The van der Waals surface area contributed by atoms with Gasteiger partial charge in [-0.1, -0.05) is 146 Å². The molecule has 5 heteroatoms. The Morgan fingerprint density at radius 1 is 0.404 bits per heavy atom. The fourth-order valence-electron chi connectivity index (χ4n) is 6.87. The van der Waals surface area contributed by atoms with Crippen LogP contribution in [0.4, 0.5) is 0 Å². The summed E-state index contributed by atoms with van der Waals surface area (Å²) in [6.45, 7) is 2.20. The van der Waals surface area contributed by atoms with Gasteiger partial charge in [0.05, 0.1) is 11.2 Å². The summed E-state index contributed by atoms with van der Waals surface area (Å²) in [6, 6.07) is 59.4. The van der Waals surface area contributed by atoms with Gasteiger partial charge in [0, 0.05) is 38.6 Å². The Bertz CT molecular complexity index is 2660. The lowest BCUT2D eigenvalue weighted by Crippen LogP contribution is -2.00. The summed E-state index contributed by atoms with van der Waals surface area (Å²) in [7, 11) is 0. The minimum absolute atomic E-state index is 0.605. The maximum atomic E-state index is 6.41. The van der Waals surface area contributed by atoms with E-state index >= 15 is 0 Å². The summed E-state index contributed by atoms with van der Waals surface area (Å²) in [4.78, 5) is 20.1. The fourth-order valence-corrected chi connectivity index (χ4v) is 6.87. The molecule has 0 saturated carbocycles. The van der Waals surface area contributed by atoms with Gasteiger partial charge in [-0.15, -0.1) is 0 Å². The molecule has 9 aromatic rings. The lowest BCUT2D eigenvalue weighted by atomic mass is 9.90. The van der Waals surface area contributed by atoms with Crippen molar-refractivity contribution in [3.8, 4) is 68.0 Å². The number of hydrogen-bond acceptors (Lipinski definition) is 5. The zero-order valence-electron chi connectivity index (χ0n) is 28.4. The number of aryl methyl sites for hydroxylation is 1. The second-order valence-corrected chi connectivity index (χ2v) is 12.7. The van der Waals surface area contributed by atoms with Crippen LogP contribution in [-0.4, -0.2) is 19.9 Å². The quantitative estimate of drug-likeness (QED) is 0.158. The van der Waals surface area contributed by atoms with Gasteiger partial charge in [-0.25, -0.2) is 19.9 Å². The Kier molecular flexibility index (Phi) is 7.99. The highest BCUT2D eigenvalue weighted by molar-refractivity contribution is 6.14. The summed E-state index contributed by atoms with van der Waals surface area (Å²) in [5, 5.41) is 3.34. The van der Waals surface area contributed by atoms with Crippen LogP contribution in [0.5, 0.6) is 11.5 Å². The highest BCUT2D eigenvalue weighted by Gasteiger charge is 2.18. The Morgan fingerprint density at radius 2 is 0.962 bits per heavy atom. The van der Waals surface area contributed by atoms with Crippen LogP contribution in [0.2, 0.25) is 0 Å². The molecular weight excluding hydrogens is 637 g/mol. The number of aromatic nitrogens is 4. The fraction of sp³-hybridized carbons (Fsp3) is 0.0213. The van der Waals surface area contributed by atoms with Crippen LogP contribution >= 0.6 is 0 Å². The van der Waals surface area contributed by atoms with Crippen LogP contribution in [0, 0.1) is 6.92 Å². The smallest absolute Gasteiger partial charge is 0.164 e. The number of benzene rings is 7. The van der Waals surface area contributed by atoms with E-state index in [0.29, 0.717) is 17.5 Å². The van der Waals surface area contributed by atoms with Crippen molar-refractivity contribution in [2.45, 2.75) is 6.92 Å². The molecule has 0 radical (unpaired) electrons. The minimum Gasteiger partial charge on any atom is -0.457 e. The van der Waals surface area contributed by atoms with Crippen LogP contribution in [-0.2, 0) is 0 Å². The molecule has 0 saturated heterocycles. The van der Waals surface area contributed by atoms with Crippen LogP contribution in [0.25, 0.3) is 78.2 Å². The van der Waals surface area contributed by atoms with E-state index in [1.807, 2.05) is 109 Å². The number of hydrogen-bond donors (Lipinski definition) is 0. The van der Waals surface area contributed by atoms with E-state index in [1.54, 1.807) is 0 Å². The molecule has 0 N–H and O–H groups in total. The first kappa shape index (κ1) is 31.0. The van der Waals surface area contributed by atoms with Crippen LogP contribution in [0.3, 0.4) is 0 Å². The third-order valence-corrected chi connectivity index (χ3v) is 9.37. The lowest BCUT2D eigenvalue weighted by Gasteiger charge is -2.17. The third kappa shape index (κ3) is 5.84. The maximum Gasteiger partial charge on any atom is 0.164 e. The Balaban J connectivity index is 1.20. The topological polar surface area (TPSA) is 60.8 Å². The van der Waals surface area contributed by atoms with Gasteiger partial charge in [0.1, 0.15) is 11.5 Å². The van der Waals surface area contributed by atoms with Gasteiger partial charge in [0.25, 0.3) is 0 Å². The van der Waals surface area contributed by atoms with Gasteiger partial charge in [-0.05, 0) is 53.8 Å². The molecule has 246 valence electrons. The van der Waals surface area contributed by atoms with E-state index in [0.717, 1.165) is 77.8 Å². The van der Waals surface area contributed by atoms with Crippen LogP contribution in [0.1, 0.15) is 5.56 Å². The van der Waals surface area contributed by atoms with Gasteiger partial charge < -0.3 is 4.74 Å². The van der Waals surface area contributed by atoms with E-state index in [4.69, 9.17) is 24.7 Å². The van der Waals surface area contributed by atoms with Crippen molar-refractivity contribution in [1.29, 1.82) is 0 Å². The molecule has 0 aliphatic carbocycles. The number of nitrogens with zero attached hydrogens (tertiary/aromatic N) is 4. The van der Waals surface area contributed by atoms with Gasteiger partial charge >= 0.3 is 0 Å².